The molecule has 0 radical (unpaired) electrons. The minimum atomic E-state index is -0.576. The van der Waals surface area contributed by atoms with E-state index in [0.717, 1.165) is 138 Å². The maximum Gasteiger partial charge on any atom is 0.152 e. The van der Waals surface area contributed by atoms with Crippen molar-refractivity contribution < 1.29 is 18.9 Å². The second-order valence-corrected chi connectivity index (χ2v) is 18.4. The van der Waals surface area contributed by atoms with E-state index >= 15 is 0 Å². The number of rotatable bonds is 6. The minimum absolute atomic E-state index is 0.0281. The van der Waals surface area contributed by atoms with Gasteiger partial charge in [0.25, 0.3) is 0 Å². The Bertz CT molecular complexity index is 2440. The molecule has 2 aliphatic carbocycles. The van der Waals surface area contributed by atoms with Crippen molar-refractivity contribution in [2.75, 3.05) is 14.2 Å². The summed E-state index contributed by atoms with van der Waals surface area (Å²) >= 11 is 6.13. The predicted octanol–water partition coefficient (Wildman–Crippen LogP) is 11.4. The summed E-state index contributed by atoms with van der Waals surface area (Å²) in [5.74, 6) is 2.88. The van der Waals surface area contributed by atoms with Crippen LogP contribution < -0.4 is 18.9 Å². The largest absolute Gasteiger partial charge is 0.495 e. The minimum Gasteiger partial charge on any atom is -0.495 e. The molecule has 0 amide bonds. The van der Waals surface area contributed by atoms with E-state index in [-0.39, 0.29) is 11.1 Å². The van der Waals surface area contributed by atoms with Gasteiger partial charge in [0.05, 0.1) is 24.0 Å². The fraction of sp³-hybridized carbons (Fsp3) is 0.333. The summed E-state index contributed by atoms with van der Waals surface area (Å²) in [6.07, 6.45) is 13.0. The van der Waals surface area contributed by atoms with Crippen molar-refractivity contribution in [3.63, 3.8) is 0 Å². The van der Waals surface area contributed by atoms with Crippen LogP contribution in [0.3, 0.4) is 0 Å². The molecule has 1 aromatic carbocycles. The fourth-order valence-electron chi connectivity index (χ4n) is 8.33. The van der Waals surface area contributed by atoms with E-state index in [1.54, 1.807) is 49.0 Å². The van der Waals surface area contributed by atoms with Gasteiger partial charge in [0, 0.05) is 20.9 Å². The highest BCUT2D eigenvalue weighted by Gasteiger charge is 2.49. The van der Waals surface area contributed by atoms with Gasteiger partial charge in [-0.25, -0.2) is 9.97 Å². The lowest BCUT2D eigenvalue weighted by Crippen LogP contribution is -2.39. The number of methoxy groups -OCH3 is 2. The van der Waals surface area contributed by atoms with Crippen LogP contribution in [0.15, 0.2) is 35.4 Å². The zero-order valence-corrected chi connectivity index (χ0v) is 33.8. The van der Waals surface area contributed by atoms with Gasteiger partial charge in [-0.3, -0.25) is 0 Å². The summed E-state index contributed by atoms with van der Waals surface area (Å²) in [7, 11) is 3.24. The summed E-state index contributed by atoms with van der Waals surface area (Å²) in [6.45, 7) is 0. The molecular weight excluding hydrogens is 781 g/mol. The summed E-state index contributed by atoms with van der Waals surface area (Å²) in [6, 6.07) is 15.8. The number of ether oxygens (including phenoxy) is 4. The molecule has 56 heavy (non-hydrogen) atoms. The standard InChI is InChI=1S/C42H32N6O4S4/c1-49-31-15-25(13-23(19-43)20-44)53-35(31)39-47-37-33(55-39)27-17-30-28(18-29(27)51-41(37)9-5-3-6-10-41)34-38(42(52-30)11-7-4-8-12-42)48-40(56-34)36-32(50-2)16-26(54-36)14-24(21-45)22-46/h13-18H,3-12H2,1-2H3. The van der Waals surface area contributed by atoms with Crippen molar-refractivity contribution >= 4 is 57.5 Å². The Morgan fingerprint density at radius 3 is 1.34 bits per heavy atom. The van der Waals surface area contributed by atoms with Gasteiger partial charge in [-0.1, -0.05) is 12.8 Å². The van der Waals surface area contributed by atoms with Crippen LogP contribution >= 0.6 is 45.3 Å². The van der Waals surface area contributed by atoms with Crippen LogP contribution in [0.5, 0.6) is 23.0 Å². The molecule has 2 aliphatic heterocycles. The Kier molecular flexibility index (Phi) is 9.19. The van der Waals surface area contributed by atoms with Crippen molar-refractivity contribution in [3.8, 4) is 87.9 Å². The van der Waals surface area contributed by atoms with Crippen LogP contribution in [-0.2, 0) is 11.2 Å². The van der Waals surface area contributed by atoms with E-state index < -0.39 is 11.2 Å². The first-order chi connectivity index (χ1) is 27.3. The number of allylic oxidation sites excluding steroid dienone is 2. The molecule has 9 rings (SSSR count). The second-order valence-electron chi connectivity index (χ2n) is 14.2. The first-order valence-corrected chi connectivity index (χ1v) is 21.6. The highest BCUT2D eigenvalue weighted by Crippen LogP contribution is 2.61. The Morgan fingerprint density at radius 1 is 0.589 bits per heavy atom. The first kappa shape index (κ1) is 36.2. The number of nitrogens with zero attached hydrogens (tertiary/aromatic N) is 6. The lowest BCUT2D eigenvalue weighted by atomic mass is 9.78. The third-order valence-electron chi connectivity index (χ3n) is 10.9. The molecule has 2 saturated carbocycles. The number of hydrogen-bond donors (Lipinski definition) is 0. The van der Waals surface area contributed by atoms with Gasteiger partial charge in [-0.2, -0.15) is 21.0 Å². The van der Waals surface area contributed by atoms with Gasteiger partial charge in [-0.15, -0.1) is 45.3 Å². The van der Waals surface area contributed by atoms with Crippen LogP contribution in [0, 0.1) is 45.3 Å². The third-order valence-corrected chi connectivity index (χ3v) is 15.5. The average Bonchev–Trinajstić information content (AvgIpc) is 4.04. The van der Waals surface area contributed by atoms with Crippen LogP contribution in [-0.4, -0.2) is 24.2 Å². The highest BCUT2D eigenvalue weighted by molar-refractivity contribution is 7.25. The number of nitriles is 4. The zero-order valence-electron chi connectivity index (χ0n) is 30.5. The molecule has 278 valence electrons. The lowest BCUT2D eigenvalue weighted by molar-refractivity contribution is 0.0164. The van der Waals surface area contributed by atoms with Gasteiger partial charge in [0.2, 0.25) is 0 Å². The number of thiazole rings is 2. The molecular formula is C42H32N6O4S4. The normalized spacial score (nSPS) is 16.5. The molecule has 4 aromatic heterocycles. The Hall–Kier alpha value is -5.48. The predicted molar refractivity (Wildman–Crippen MR) is 218 cm³/mol. The first-order valence-electron chi connectivity index (χ1n) is 18.3. The number of fused-ring (bicyclic) bond motifs is 8. The van der Waals surface area contributed by atoms with Crippen molar-refractivity contribution in [1.82, 2.24) is 9.97 Å². The molecule has 10 nitrogen and oxygen atoms in total. The van der Waals surface area contributed by atoms with E-state index in [0.29, 0.717) is 11.5 Å². The van der Waals surface area contributed by atoms with Crippen LogP contribution in [0.1, 0.15) is 85.4 Å². The molecule has 0 unspecified atom stereocenters. The number of thiophene rings is 2. The van der Waals surface area contributed by atoms with Gasteiger partial charge in [0.15, 0.2) is 11.2 Å². The maximum absolute atomic E-state index is 9.39. The average molecular weight is 813 g/mol. The summed E-state index contributed by atoms with van der Waals surface area (Å²) in [5.41, 5.74) is 2.70. The quantitative estimate of drug-likeness (QED) is 0.151. The summed E-state index contributed by atoms with van der Waals surface area (Å²) in [4.78, 5) is 16.0. The zero-order chi connectivity index (χ0) is 38.6. The lowest BCUT2D eigenvalue weighted by Gasteiger charge is -2.43. The molecule has 4 aliphatic rings. The van der Waals surface area contributed by atoms with E-state index in [2.05, 4.69) is 12.1 Å². The van der Waals surface area contributed by atoms with Crippen molar-refractivity contribution in [3.05, 3.63) is 56.6 Å². The Labute approximate surface area is 339 Å². The second kappa shape index (κ2) is 14.2. The monoisotopic (exact) mass is 812 g/mol. The molecule has 0 saturated heterocycles. The fourth-order valence-corrected chi connectivity index (χ4v) is 13.0. The number of hydrogen-bond acceptors (Lipinski definition) is 14. The molecule has 2 fully saturated rings. The Morgan fingerprint density at radius 2 is 0.982 bits per heavy atom. The van der Waals surface area contributed by atoms with Crippen molar-refractivity contribution in [2.45, 2.75) is 75.4 Å². The molecule has 2 spiro atoms. The van der Waals surface area contributed by atoms with E-state index in [4.69, 9.17) is 28.9 Å². The molecule has 5 aromatic rings. The molecule has 0 atom stereocenters. The molecule has 6 heterocycles. The van der Waals surface area contributed by atoms with E-state index in [1.807, 2.05) is 36.4 Å². The Balaban J connectivity index is 1.20. The van der Waals surface area contributed by atoms with E-state index in [9.17, 15) is 21.0 Å². The highest BCUT2D eigenvalue weighted by atomic mass is 32.1. The van der Waals surface area contributed by atoms with Gasteiger partial charge < -0.3 is 18.9 Å². The van der Waals surface area contributed by atoms with Crippen LogP contribution in [0.4, 0.5) is 0 Å². The molecule has 14 heteroatoms. The topological polar surface area (TPSA) is 158 Å². The third kappa shape index (κ3) is 5.88. The van der Waals surface area contributed by atoms with Crippen molar-refractivity contribution in [2.24, 2.45) is 0 Å². The summed E-state index contributed by atoms with van der Waals surface area (Å²) in [5, 5.41) is 39.2. The molecule has 0 bridgehead atoms. The maximum atomic E-state index is 9.39. The van der Waals surface area contributed by atoms with Gasteiger partial charge in [0.1, 0.15) is 89.6 Å². The SMILES string of the molecule is COc1cc(C=C(C#N)C#N)sc1-c1nc2c(s1)-c1cc3c(cc1OC21CCCCC1)-c1sc(-c2sc(C=C(C#N)C#N)cc2OC)nc1C1(CCCCC1)O3. The van der Waals surface area contributed by atoms with E-state index in [1.165, 1.54) is 22.7 Å². The van der Waals surface area contributed by atoms with Crippen LogP contribution in [0.25, 0.3) is 52.8 Å². The summed E-state index contributed by atoms with van der Waals surface area (Å²) < 4.78 is 26.0. The van der Waals surface area contributed by atoms with Crippen LogP contribution in [0.2, 0.25) is 0 Å². The van der Waals surface area contributed by atoms with Crippen molar-refractivity contribution in [1.29, 1.82) is 21.0 Å². The smallest absolute Gasteiger partial charge is 0.152 e. The molecule has 0 N–H and O–H groups in total. The van der Waals surface area contributed by atoms with Gasteiger partial charge >= 0.3 is 0 Å². The number of aromatic nitrogens is 2. The number of benzene rings is 1. The van der Waals surface area contributed by atoms with Gasteiger partial charge in [-0.05, 0) is 87.8 Å².